The molecule has 1 fully saturated rings. The predicted molar refractivity (Wildman–Crippen MR) is 93.8 cm³/mol. The van der Waals surface area contributed by atoms with Crippen molar-refractivity contribution in [1.82, 2.24) is 9.80 Å². The molecule has 0 aliphatic carbocycles. The molecule has 0 radical (unpaired) electrons. The smallest absolute Gasteiger partial charge is 0.262 e. The van der Waals surface area contributed by atoms with Crippen molar-refractivity contribution < 1.29 is 9.59 Å². The highest BCUT2D eigenvalue weighted by Crippen LogP contribution is 2.27. The molecule has 0 atom stereocenters. The molecule has 0 unspecified atom stereocenters. The van der Waals surface area contributed by atoms with Gasteiger partial charge in [-0.1, -0.05) is 0 Å². The minimum atomic E-state index is -0.755. The van der Waals surface area contributed by atoms with Crippen LogP contribution in [0.2, 0.25) is 0 Å². The van der Waals surface area contributed by atoms with Crippen LogP contribution in [0.3, 0.4) is 0 Å². The number of primary amides is 2. The van der Waals surface area contributed by atoms with Gasteiger partial charge < -0.3 is 21.3 Å². The van der Waals surface area contributed by atoms with Crippen LogP contribution in [-0.4, -0.2) is 60.3 Å². The van der Waals surface area contributed by atoms with E-state index in [0.29, 0.717) is 36.2 Å². The molecule has 1 rings (SSSR count). The summed E-state index contributed by atoms with van der Waals surface area (Å²) in [7, 11) is 0. The summed E-state index contributed by atoms with van der Waals surface area (Å²) < 4.78 is 0. The van der Waals surface area contributed by atoms with Gasteiger partial charge in [-0.3, -0.25) is 9.59 Å². The van der Waals surface area contributed by atoms with Crippen LogP contribution in [0.25, 0.3) is 0 Å². The maximum Gasteiger partial charge on any atom is 0.262 e. The van der Waals surface area contributed by atoms with E-state index in [1.807, 2.05) is 21.9 Å². The molecule has 0 saturated carbocycles. The van der Waals surface area contributed by atoms with Gasteiger partial charge in [0, 0.05) is 26.2 Å². The van der Waals surface area contributed by atoms with Crippen LogP contribution in [0.4, 0.5) is 0 Å². The Balaban J connectivity index is 3.02. The van der Waals surface area contributed by atoms with Crippen LogP contribution in [0.15, 0.2) is 21.2 Å². The number of hydrogen-bond donors (Lipinski definition) is 2. The largest absolute Gasteiger partial charge is 0.365 e. The third-order valence-corrected chi connectivity index (χ3v) is 5.08. The molecule has 8 nitrogen and oxygen atoms in total. The van der Waals surface area contributed by atoms with Gasteiger partial charge in [-0.25, -0.2) is 0 Å². The summed E-state index contributed by atoms with van der Waals surface area (Å²) in [6, 6.07) is 3.70. The summed E-state index contributed by atoms with van der Waals surface area (Å²) in [6.45, 7) is 2.10. The summed E-state index contributed by atoms with van der Waals surface area (Å²) >= 11 is 2.58. The van der Waals surface area contributed by atoms with Gasteiger partial charge in [-0.2, -0.15) is 10.5 Å². The number of nitrogens with two attached hydrogens (primary N) is 2. The standard InChI is InChI=1S/C14H18N6O2S2/c1-23-13(9(7-15)11(17)21)19-3-5-20(6-4-19)14(24-2)10(8-16)12(18)22/h3-6H2,1-2H3,(H2,17,21)(H2,18,22)/b13-9+,14-10+. The second kappa shape index (κ2) is 9.11. The van der Waals surface area contributed by atoms with E-state index in [2.05, 4.69) is 0 Å². The monoisotopic (exact) mass is 366 g/mol. The summed E-state index contributed by atoms with van der Waals surface area (Å²) in [5.41, 5.74) is 10.4. The Morgan fingerprint density at radius 1 is 0.833 bits per heavy atom. The molecule has 10 heteroatoms. The van der Waals surface area contributed by atoms with Crippen LogP contribution < -0.4 is 11.5 Å². The van der Waals surface area contributed by atoms with E-state index in [-0.39, 0.29) is 11.1 Å². The van der Waals surface area contributed by atoms with Crippen LogP contribution in [0.1, 0.15) is 0 Å². The van der Waals surface area contributed by atoms with E-state index in [9.17, 15) is 9.59 Å². The second-order valence-electron chi connectivity index (χ2n) is 4.69. The van der Waals surface area contributed by atoms with Crippen LogP contribution in [-0.2, 0) is 9.59 Å². The van der Waals surface area contributed by atoms with E-state index in [4.69, 9.17) is 22.0 Å². The Labute approximate surface area is 149 Å². The third kappa shape index (κ3) is 4.37. The van der Waals surface area contributed by atoms with E-state index in [1.165, 1.54) is 23.5 Å². The minimum Gasteiger partial charge on any atom is -0.365 e. The van der Waals surface area contributed by atoms with E-state index in [0.717, 1.165) is 0 Å². The fourth-order valence-electron chi connectivity index (χ4n) is 2.31. The Bertz CT molecular complexity index is 608. The summed E-state index contributed by atoms with van der Waals surface area (Å²) in [5.74, 6) is -1.51. The number of thioether (sulfide) groups is 2. The lowest BCUT2D eigenvalue weighted by molar-refractivity contribution is -0.115. The lowest BCUT2D eigenvalue weighted by atomic mass is 10.2. The maximum absolute atomic E-state index is 11.4. The van der Waals surface area contributed by atoms with Crippen LogP contribution in [0, 0.1) is 22.7 Å². The first-order valence-corrected chi connectivity index (χ1v) is 9.32. The zero-order valence-corrected chi connectivity index (χ0v) is 15.0. The van der Waals surface area contributed by atoms with Gasteiger partial charge in [-0.15, -0.1) is 23.5 Å². The Morgan fingerprint density at radius 3 is 1.29 bits per heavy atom. The van der Waals surface area contributed by atoms with E-state index < -0.39 is 11.8 Å². The third-order valence-electron chi connectivity index (χ3n) is 3.38. The van der Waals surface area contributed by atoms with Crippen molar-refractivity contribution in [2.45, 2.75) is 0 Å². The van der Waals surface area contributed by atoms with Gasteiger partial charge in [-0.05, 0) is 12.5 Å². The molecule has 4 N–H and O–H groups in total. The molecule has 2 amide bonds. The van der Waals surface area contributed by atoms with Gasteiger partial charge in [0.05, 0.1) is 10.1 Å². The Kier molecular flexibility index (Phi) is 7.49. The van der Waals surface area contributed by atoms with Gasteiger partial charge in [0.1, 0.15) is 23.3 Å². The molecule has 128 valence electrons. The van der Waals surface area contributed by atoms with Gasteiger partial charge in [0.25, 0.3) is 11.8 Å². The Morgan fingerprint density at radius 2 is 1.12 bits per heavy atom. The molecule has 1 heterocycles. The van der Waals surface area contributed by atoms with Crippen LogP contribution >= 0.6 is 23.5 Å². The van der Waals surface area contributed by atoms with Crippen molar-refractivity contribution in [3.63, 3.8) is 0 Å². The summed E-state index contributed by atoms with van der Waals surface area (Å²) in [4.78, 5) is 26.6. The Hall–Kier alpha value is -2.30. The highest BCUT2D eigenvalue weighted by molar-refractivity contribution is 8.02. The number of nitrogens with zero attached hydrogens (tertiary/aromatic N) is 4. The molecule has 0 aromatic rings. The predicted octanol–water partition coefficient (Wildman–Crippen LogP) is -0.229. The average molecular weight is 366 g/mol. The number of carbonyl (C=O) groups excluding carboxylic acids is 2. The number of carbonyl (C=O) groups is 2. The second-order valence-corrected chi connectivity index (χ2v) is 6.28. The quantitative estimate of drug-likeness (QED) is 0.485. The molecule has 1 saturated heterocycles. The number of hydrogen-bond acceptors (Lipinski definition) is 8. The highest BCUT2D eigenvalue weighted by Gasteiger charge is 2.26. The minimum absolute atomic E-state index is 0.0635. The normalized spacial score (nSPS) is 16.5. The van der Waals surface area contributed by atoms with E-state index >= 15 is 0 Å². The van der Waals surface area contributed by atoms with Crippen molar-refractivity contribution in [2.24, 2.45) is 11.5 Å². The molecule has 1 aliphatic heterocycles. The van der Waals surface area contributed by atoms with Crippen LogP contribution in [0.5, 0.6) is 0 Å². The fourth-order valence-corrected chi connectivity index (χ4v) is 3.89. The molecule has 1 aliphatic rings. The topological polar surface area (TPSA) is 140 Å². The zero-order valence-electron chi connectivity index (χ0n) is 13.4. The van der Waals surface area contributed by atoms with Gasteiger partial charge >= 0.3 is 0 Å². The van der Waals surface area contributed by atoms with Crippen molar-refractivity contribution in [1.29, 1.82) is 10.5 Å². The first-order chi connectivity index (χ1) is 11.4. The SMILES string of the molecule is CS/C(=C(\C#N)C(N)=O)N1CCN(/C(SC)=C(/C#N)C(N)=O)CC1. The average Bonchev–Trinajstić information content (AvgIpc) is 2.56. The molecule has 24 heavy (non-hydrogen) atoms. The van der Waals surface area contributed by atoms with Crippen molar-refractivity contribution in [2.75, 3.05) is 38.7 Å². The molecular formula is C14H18N6O2S2. The zero-order chi connectivity index (χ0) is 18.3. The van der Waals surface area contributed by atoms with E-state index in [1.54, 1.807) is 12.5 Å². The summed E-state index contributed by atoms with van der Waals surface area (Å²) in [5, 5.41) is 19.3. The van der Waals surface area contributed by atoms with Gasteiger partial charge in [0.2, 0.25) is 0 Å². The molecule has 0 bridgehead atoms. The number of nitriles is 2. The fraction of sp³-hybridized carbons (Fsp3) is 0.429. The maximum atomic E-state index is 11.4. The highest BCUT2D eigenvalue weighted by atomic mass is 32.2. The number of rotatable bonds is 6. The first kappa shape index (κ1) is 19.7. The lowest BCUT2D eigenvalue weighted by Crippen LogP contribution is -2.45. The lowest BCUT2D eigenvalue weighted by Gasteiger charge is -2.38. The van der Waals surface area contributed by atoms with Gasteiger partial charge in [0.15, 0.2) is 0 Å². The molecule has 0 spiro atoms. The number of piperazine rings is 1. The molecule has 0 aromatic heterocycles. The molecular weight excluding hydrogens is 348 g/mol. The first-order valence-electron chi connectivity index (χ1n) is 6.87. The van der Waals surface area contributed by atoms with Crippen molar-refractivity contribution in [3.8, 4) is 12.1 Å². The number of amides is 2. The van der Waals surface area contributed by atoms with Crippen molar-refractivity contribution in [3.05, 3.63) is 21.2 Å². The van der Waals surface area contributed by atoms with Crippen molar-refractivity contribution >= 4 is 35.3 Å². The summed E-state index contributed by atoms with van der Waals surface area (Å²) in [6.07, 6.45) is 3.55. The molecule has 0 aromatic carbocycles.